The molecule has 3 atom stereocenters. The van der Waals surface area contributed by atoms with Crippen LogP contribution in [0.25, 0.3) is 0 Å². The van der Waals surface area contributed by atoms with Crippen LogP contribution in [0.15, 0.2) is 60.8 Å². The van der Waals surface area contributed by atoms with E-state index in [0.717, 1.165) is 51.4 Å². The Morgan fingerprint density at radius 1 is 0.554 bits per heavy atom. The van der Waals surface area contributed by atoms with Gasteiger partial charge in [0.15, 0.2) is 6.10 Å². The smallest absolute Gasteiger partial charge is 0.472 e. The predicted molar refractivity (Wildman–Crippen MR) is 226 cm³/mol. The van der Waals surface area contributed by atoms with E-state index >= 15 is 0 Å². The summed E-state index contributed by atoms with van der Waals surface area (Å²) in [6.45, 7) is 2.68. The molecule has 0 heterocycles. The third-order valence-corrected chi connectivity index (χ3v) is 9.69. The highest BCUT2D eigenvalue weighted by molar-refractivity contribution is 7.47. The van der Waals surface area contributed by atoms with Crippen molar-refractivity contribution in [1.29, 1.82) is 0 Å². The molecule has 0 aromatic carbocycles. The normalized spacial score (nSPS) is 14.4. The molecule has 0 spiro atoms. The van der Waals surface area contributed by atoms with Crippen LogP contribution in [-0.4, -0.2) is 59.9 Å². The topological polar surface area (TPSA) is 172 Å². The Kier molecular flexibility index (Phi) is 37.1. The molecule has 0 saturated carbocycles. The summed E-state index contributed by atoms with van der Waals surface area (Å²) in [5.74, 6) is -2.46. The molecule has 0 saturated heterocycles. The molecule has 0 aromatic rings. The third kappa shape index (κ3) is 38.1. The van der Waals surface area contributed by atoms with Crippen molar-refractivity contribution in [2.75, 3.05) is 19.8 Å². The minimum Gasteiger partial charge on any atom is -0.480 e. The van der Waals surface area contributed by atoms with E-state index in [1.54, 1.807) is 0 Å². The second kappa shape index (κ2) is 39.0. The molecule has 0 aliphatic rings. The van der Waals surface area contributed by atoms with Gasteiger partial charge >= 0.3 is 25.7 Å². The predicted octanol–water partition coefficient (Wildman–Crippen LogP) is 11.2. The molecular formula is C44H76NO10P. The van der Waals surface area contributed by atoms with Gasteiger partial charge in [0.05, 0.1) is 13.2 Å². The molecule has 11 nitrogen and oxygen atoms in total. The number of nitrogens with two attached hydrogens (primary N) is 1. The number of phosphoric acid groups is 1. The lowest BCUT2D eigenvalue weighted by molar-refractivity contribution is -0.161. The minimum absolute atomic E-state index is 0.144. The van der Waals surface area contributed by atoms with Gasteiger partial charge in [-0.3, -0.25) is 23.4 Å². The van der Waals surface area contributed by atoms with Crippen molar-refractivity contribution in [2.45, 2.75) is 180 Å². The molecule has 0 aliphatic carbocycles. The molecule has 0 rings (SSSR count). The van der Waals surface area contributed by atoms with Gasteiger partial charge in [0.2, 0.25) is 0 Å². The Morgan fingerprint density at radius 2 is 0.982 bits per heavy atom. The first-order valence-corrected chi connectivity index (χ1v) is 22.8. The molecule has 0 bridgehead atoms. The molecule has 0 fully saturated rings. The van der Waals surface area contributed by atoms with Gasteiger partial charge in [0, 0.05) is 12.8 Å². The van der Waals surface area contributed by atoms with Crippen LogP contribution in [-0.2, 0) is 37.5 Å². The monoisotopic (exact) mass is 810 g/mol. The summed E-state index contributed by atoms with van der Waals surface area (Å²) >= 11 is 0. The quantitative estimate of drug-likeness (QED) is 0.0233. The van der Waals surface area contributed by atoms with E-state index in [1.807, 2.05) is 12.2 Å². The third-order valence-electron chi connectivity index (χ3n) is 8.74. The molecule has 0 aliphatic heterocycles. The Hall–Kier alpha value is -2.82. The first kappa shape index (κ1) is 53.2. The van der Waals surface area contributed by atoms with Crippen LogP contribution in [0.5, 0.6) is 0 Å². The maximum atomic E-state index is 12.6. The fourth-order valence-corrected chi connectivity index (χ4v) is 6.11. The van der Waals surface area contributed by atoms with Gasteiger partial charge in [-0.25, -0.2) is 4.57 Å². The number of phosphoric ester groups is 1. The fourth-order valence-electron chi connectivity index (χ4n) is 5.33. The van der Waals surface area contributed by atoms with Crippen molar-refractivity contribution in [3.8, 4) is 0 Å². The zero-order valence-corrected chi connectivity index (χ0v) is 35.6. The van der Waals surface area contributed by atoms with E-state index in [0.29, 0.717) is 19.3 Å². The lowest BCUT2D eigenvalue weighted by Crippen LogP contribution is -2.34. The number of aliphatic carboxylic acids is 1. The molecule has 0 radical (unpaired) electrons. The van der Waals surface area contributed by atoms with Gasteiger partial charge in [-0.15, -0.1) is 0 Å². The Balaban J connectivity index is 4.48. The van der Waals surface area contributed by atoms with Crippen LogP contribution in [0.2, 0.25) is 0 Å². The summed E-state index contributed by atoms with van der Waals surface area (Å²) in [5.41, 5.74) is 5.33. The average Bonchev–Trinajstić information content (AvgIpc) is 3.17. The number of allylic oxidation sites excluding steroid dienone is 10. The Morgan fingerprint density at radius 3 is 1.54 bits per heavy atom. The second-order valence-corrected chi connectivity index (χ2v) is 15.6. The molecule has 12 heteroatoms. The van der Waals surface area contributed by atoms with Crippen molar-refractivity contribution < 1.29 is 47.5 Å². The average molecular weight is 810 g/mol. The zero-order chi connectivity index (χ0) is 41.4. The Labute approximate surface area is 338 Å². The summed E-state index contributed by atoms with van der Waals surface area (Å²) < 4.78 is 32.6. The number of hydrogen-bond acceptors (Lipinski definition) is 9. The number of unbranched alkanes of at least 4 members (excludes halogenated alkanes) is 15. The minimum atomic E-state index is -4.73. The molecule has 56 heavy (non-hydrogen) atoms. The molecular weight excluding hydrogens is 733 g/mol. The lowest BCUT2D eigenvalue weighted by atomic mass is 10.1. The van der Waals surface area contributed by atoms with Gasteiger partial charge < -0.3 is 25.2 Å². The number of carboxylic acid groups (broad SMARTS) is 1. The standard InChI is InChI=1S/C44H76NO10P/c1-3-5-7-9-11-13-15-17-19-20-22-23-25-27-29-31-33-35-42(46)52-37-40(38-53-56(50,51)54-39-41(45)44(48)49)55-43(47)36-34-32-30-28-26-24-21-18-16-14-12-10-8-6-4-2/h10-13,17,19,22-23,27,29,40-41H,3-9,14-16,18,20-21,24-26,28,30-39,45H2,1-2H3,(H,48,49)(H,50,51)/b12-10+,13-11+,19-17+,23-22+,29-27+/t40-,41+/m1/s1. The lowest BCUT2D eigenvalue weighted by Gasteiger charge is -2.20. The van der Waals surface area contributed by atoms with E-state index in [-0.39, 0.29) is 19.4 Å². The summed E-state index contributed by atoms with van der Waals surface area (Å²) in [4.78, 5) is 45.9. The van der Waals surface area contributed by atoms with Crippen LogP contribution in [0.1, 0.15) is 168 Å². The van der Waals surface area contributed by atoms with Crippen LogP contribution in [0.3, 0.4) is 0 Å². The number of hydrogen-bond donors (Lipinski definition) is 3. The number of carbonyl (C=O) groups excluding carboxylic acids is 2. The first-order chi connectivity index (χ1) is 27.1. The SMILES string of the molecule is CCCC/C=C/CCCCCCCCCCCC(=O)O[C@H](COC(=O)CCC/C=C/C/C=C/C/C=C/C/C=C/CCCCC)COP(=O)(O)OC[C@H](N)C(=O)O. The molecule has 4 N–H and O–H groups in total. The van der Waals surface area contributed by atoms with Crippen LogP contribution >= 0.6 is 7.82 Å². The Bertz CT molecular complexity index is 1180. The highest BCUT2D eigenvalue weighted by Gasteiger charge is 2.28. The molecule has 322 valence electrons. The number of esters is 2. The molecule has 0 amide bonds. The second-order valence-electron chi connectivity index (χ2n) is 14.1. The summed E-state index contributed by atoms with van der Waals surface area (Å²) in [6.07, 6.45) is 44.3. The molecule has 1 unspecified atom stereocenters. The van der Waals surface area contributed by atoms with Crippen molar-refractivity contribution in [3.63, 3.8) is 0 Å². The maximum Gasteiger partial charge on any atom is 0.472 e. The van der Waals surface area contributed by atoms with Crippen molar-refractivity contribution in [3.05, 3.63) is 60.8 Å². The zero-order valence-electron chi connectivity index (χ0n) is 34.7. The van der Waals surface area contributed by atoms with Crippen molar-refractivity contribution in [1.82, 2.24) is 0 Å². The summed E-state index contributed by atoms with van der Waals surface area (Å²) in [6, 6.07) is -1.53. The van der Waals surface area contributed by atoms with Crippen LogP contribution in [0, 0.1) is 0 Å². The van der Waals surface area contributed by atoms with Crippen LogP contribution < -0.4 is 5.73 Å². The van der Waals surface area contributed by atoms with Gasteiger partial charge in [-0.1, -0.05) is 145 Å². The summed E-state index contributed by atoms with van der Waals surface area (Å²) in [5, 5.41) is 8.88. The van der Waals surface area contributed by atoms with E-state index in [1.165, 1.54) is 70.6 Å². The van der Waals surface area contributed by atoms with Gasteiger partial charge in [-0.05, 0) is 70.6 Å². The van der Waals surface area contributed by atoms with E-state index in [9.17, 15) is 23.8 Å². The van der Waals surface area contributed by atoms with Gasteiger partial charge in [0.25, 0.3) is 0 Å². The fraction of sp³-hybridized carbons (Fsp3) is 0.705. The highest BCUT2D eigenvalue weighted by Crippen LogP contribution is 2.43. The summed E-state index contributed by atoms with van der Waals surface area (Å²) in [7, 11) is -4.73. The van der Waals surface area contributed by atoms with Crippen molar-refractivity contribution in [2.24, 2.45) is 5.73 Å². The number of carboxylic acids is 1. The molecule has 0 aromatic heterocycles. The van der Waals surface area contributed by atoms with E-state index in [2.05, 4.69) is 67.0 Å². The number of carbonyl (C=O) groups is 3. The number of ether oxygens (including phenoxy) is 2. The van der Waals surface area contributed by atoms with E-state index in [4.69, 9.17) is 24.8 Å². The number of rotatable bonds is 39. The van der Waals surface area contributed by atoms with Gasteiger partial charge in [-0.2, -0.15) is 0 Å². The maximum absolute atomic E-state index is 12.6. The van der Waals surface area contributed by atoms with Crippen LogP contribution in [0.4, 0.5) is 0 Å². The van der Waals surface area contributed by atoms with Crippen molar-refractivity contribution >= 4 is 25.7 Å². The van der Waals surface area contributed by atoms with E-state index < -0.39 is 51.1 Å². The first-order valence-electron chi connectivity index (χ1n) is 21.3. The van der Waals surface area contributed by atoms with Gasteiger partial charge in [0.1, 0.15) is 12.6 Å². The highest BCUT2D eigenvalue weighted by atomic mass is 31.2. The largest absolute Gasteiger partial charge is 0.480 e.